The Bertz CT molecular complexity index is 618. The molecule has 34 heavy (non-hydrogen) atoms. The molecule has 0 aromatic rings. The molecule has 8 nitrogen and oxygen atoms in total. The molecule has 1 rings (SSSR count). The van der Waals surface area contributed by atoms with Gasteiger partial charge in [0.2, 0.25) is 0 Å². The van der Waals surface area contributed by atoms with E-state index < -0.39 is 51.4 Å². The lowest BCUT2D eigenvalue weighted by Crippen LogP contribution is -2.66. The number of hydrogen-bond acceptors (Lipinski definition) is 8. The third-order valence-electron chi connectivity index (χ3n) is 5.70. The molecule has 0 aromatic carbocycles. The summed E-state index contributed by atoms with van der Waals surface area (Å²) in [6, 6.07) is 4.24. The minimum absolute atomic E-state index is 0.631. The van der Waals surface area contributed by atoms with Crippen LogP contribution in [0.5, 0.6) is 0 Å². The van der Waals surface area contributed by atoms with E-state index in [9.17, 15) is 0 Å². The largest absolute Gasteiger partial charge is 0.500 e. The van der Waals surface area contributed by atoms with Crippen LogP contribution in [0.25, 0.3) is 0 Å². The lowest BCUT2D eigenvalue weighted by Gasteiger charge is -2.49. The van der Waals surface area contributed by atoms with Crippen molar-refractivity contribution in [2.45, 2.75) is 82.6 Å². The highest BCUT2D eigenvalue weighted by molar-refractivity contribution is 6.94. The van der Waals surface area contributed by atoms with E-state index in [1.165, 1.54) is 0 Å². The Morgan fingerprint density at radius 3 is 1.56 bits per heavy atom. The molecular weight excluding hydrogens is 553 g/mol. The molecule has 1 aliphatic heterocycles. The highest BCUT2D eigenvalue weighted by atomic mass is 28.5. The van der Waals surface area contributed by atoms with E-state index in [2.05, 4.69) is 59.0 Å². The third-order valence-corrected chi connectivity index (χ3v) is 30.1. The Morgan fingerprint density at radius 1 is 0.765 bits per heavy atom. The quantitative estimate of drug-likeness (QED) is 0.157. The Labute approximate surface area is 217 Å². The van der Waals surface area contributed by atoms with Crippen LogP contribution in [0.3, 0.4) is 0 Å². The summed E-state index contributed by atoms with van der Waals surface area (Å²) in [7, 11) is -9.04. The zero-order valence-corrected chi connectivity index (χ0v) is 30.3. The molecule has 1 saturated heterocycles. The van der Waals surface area contributed by atoms with Gasteiger partial charge in [0.05, 0.1) is 9.52 Å². The van der Waals surface area contributed by atoms with Crippen LogP contribution >= 0.6 is 0 Å². The fourth-order valence-electron chi connectivity index (χ4n) is 4.31. The van der Waals surface area contributed by atoms with E-state index in [0.29, 0.717) is 12.1 Å². The van der Waals surface area contributed by atoms with Gasteiger partial charge in [-0.1, -0.05) is 6.08 Å². The molecule has 0 bridgehead atoms. The average Bonchev–Trinajstić information content (AvgIpc) is 2.69. The summed E-state index contributed by atoms with van der Waals surface area (Å²) in [6.45, 7) is 21.1. The van der Waals surface area contributed by atoms with Crippen LogP contribution in [0.1, 0.15) is 0 Å². The predicted molar refractivity (Wildman–Crippen MR) is 153 cm³/mol. The molecule has 200 valence electrons. The highest BCUT2D eigenvalue weighted by Gasteiger charge is 2.55. The molecule has 0 unspecified atom stereocenters. The van der Waals surface area contributed by atoms with E-state index in [1.807, 2.05) is 6.08 Å². The predicted octanol–water partition coefficient (Wildman–Crippen LogP) is 4.98. The second-order valence-corrected chi connectivity index (χ2v) is 33.6. The standard InChI is InChI=1S/C19H48O8Si7/c1-13-14-28-19-23-29(5,6)15-16-32(11)24-30(7,8)26-33(12,27-31(9,10)25-32)17-18-34(20-2,21-3)22-4/h13H,1,14-19H2,2-12H3. The minimum atomic E-state index is -2.73. The van der Waals surface area contributed by atoms with Crippen molar-refractivity contribution < 1.29 is 34.2 Å². The Kier molecular flexibility index (Phi) is 12.7. The van der Waals surface area contributed by atoms with Crippen molar-refractivity contribution in [1.82, 2.24) is 0 Å². The average molecular weight is 601 g/mol. The molecule has 1 heterocycles. The molecule has 0 N–H and O–H groups in total. The fourth-order valence-corrected chi connectivity index (χ4v) is 35.6. The molecule has 0 aromatic heterocycles. The molecule has 0 atom stereocenters. The maximum Gasteiger partial charge on any atom is 0.500 e. The molecule has 1 fully saturated rings. The van der Waals surface area contributed by atoms with E-state index in [-0.39, 0.29) is 0 Å². The van der Waals surface area contributed by atoms with Crippen LogP contribution in [0, 0.1) is 0 Å². The third kappa shape index (κ3) is 11.1. The van der Waals surface area contributed by atoms with E-state index in [4.69, 9.17) is 34.2 Å². The summed E-state index contributed by atoms with van der Waals surface area (Å²) in [6.07, 6.45) is 2.77. The molecule has 15 heteroatoms. The highest BCUT2D eigenvalue weighted by Crippen LogP contribution is 2.37. The number of hydrogen-bond donors (Lipinski definition) is 0. The van der Waals surface area contributed by atoms with Crippen LogP contribution < -0.4 is 0 Å². The van der Waals surface area contributed by atoms with Gasteiger partial charge in [-0.2, -0.15) is 0 Å². The van der Waals surface area contributed by atoms with Crippen LogP contribution in [-0.4, -0.2) is 88.4 Å². The first-order chi connectivity index (χ1) is 15.5. The Hall–Kier alpha value is 0.938. The monoisotopic (exact) mass is 600 g/mol. The maximum atomic E-state index is 6.84. The van der Waals surface area contributed by atoms with Gasteiger partial charge in [-0.3, -0.25) is 0 Å². The van der Waals surface area contributed by atoms with Crippen molar-refractivity contribution in [1.29, 1.82) is 0 Å². The van der Waals surface area contributed by atoms with Crippen LogP contribution in [-0.2, 0) is 34.2 Å². The van der Waals surface area contributed by atoms with Crippen LogP contribution in [0.15, 0.2) is 12.7 Å². The molecule has 2 radical (unpaired) electrons. The van der Waals surface area contributed by atoms with Gasteiger partial charge in [-0.25, -0.2) is 0 Å². The zero-order valence-electron chi connectivity index (χ0n) is 23.3. The van der Waals surface area contributed by atoms with E-state index in [0.717, 1.165) is 33.9 Å². The summed E-state index contributed by atoms with van der Waals surface area (Å²) in [4.78, 5) is 0. The molecular formula is C19H48O8Si7. The Morgan fingerprint density at radius 2 is 1.18 bits per heavy atom. The van der Waals surface area contributed by atoms with E-state index >= 15 is 0 Å². The van der Waals surface area contributed by atoms with Gasteiger partial charge in [0, 0.05) is 33.6 Å². The number of allylic oxidation sites excluding steroid dienone is 1. The smallest absolute Gasteiger partial charge is 0.421 e. The lowest BCUT2D eigenvalue weighted by molar-refractivity contribution is 0.124. The van der Waals surface area contributed by atoms with Crippen LogP contribution in [0.4, 0.5) is 0 Å². The summed E-state index contributed by atoms with van der Waals surface area (Å²) in [5.74, 6) is 0. The van der Waals surface area contributed by atoms with Gasteiger partial charge in [-0.15, -0.1) is 6.58 Å². The summed E-state index contributed by atoms with van der Waals surface area (Å²) in [5, 5.41) is 0. The second-order valence-electron chi connectivity index (χ2n) is 10.6. The maximum absolute atomic E-state index is 6.84. The summed E-state index contributed by atoms with van der Waals surface area (Å²) >= 11 is 0. The molecule has 0 amide bonds. The van der Waals surface area contributed by atoms with Crippen molar-refractivity contribution in [3.8, 4) is 0 Å². The van der Waals surface area contributed by atoms with Crippen molar-refractivity contribution in [3.63, 3.8) is 0 Å². The van der Waals surface area contributed by atoms with Crippen molar-refractivity contribution in [3.05, 3.63) is 12.7 Å². The first-order valence-corrected chi connectivity index (χ1v) is 29.0. The van der Waals surface area contributed by atoms with Crippen molar-refractivity contribution in [2.24, 2.45) is 0 Å². The van der Waals surface area contributed by atoms with E-state index in [1.54, 1.807) is 21.3 Å². The lowest BCUT2D eigenvalue weighted by atomic mass is 10.8. The first-order valence-electron chi connectivity index (χ1n) is 11.9. The van der Waals surface area contributed by atoms with Gasteiger partial charge in [0.25, 0.3) is 0 Å². The van der Waals surface area contributed by atoms with Crippen molar-refractivity contribution >= 4 is 60.9 Å². The molecule has 0 spiro atoms. The topological polar surface area (TPSA) is 73.8 Å². The summed E-state index contributed by atoms with van der Waals surface area (Å²) < 4.78 is 50.5. The van der Waals surface area contributed by atoms with Crippen molar-refractivity contribution in [2.75, 3.05) is 27.6 Å². The van der Waals surface area contributed by atoms with Gasteiger partial charge >= 0.3 is 43.0 Å². The second kappa shape index (κ2) is 13.1. The van der Waals surface area contributed by atoms with Gasteiger partial charge in [0.1, 0.15) is 0 Å². The van der Waals surface area contributed by atoms with Gasteiger partial charge in [-0.05, 0) is 76.6 Å². The summed E-state index contributed by atoms with van der Waals surface area (Å²) in [5.41, 5.74) is 0. The van der Waals surface area contributed by atoms with Gasteiger partial charge in [0.15, 0.2) is 8.32 Å². The fraction of sp³-hybridized carbons (Fsp3) is 0.895. The molecule has 0 aliphatic carbocycles. The van der Waals surface area contributed by atoms with Gasteiger partial charge < -0.3 is 34.2 Å². The Balaban J connectivity index is 2.96. The SMILES string of the molecule is C=CC[Si]CO[Si](C)(C)CC[Si]1(C)O[Si](C)(C)O[Si](C)(CC[Si](OC)(OC)OC)O[Si](C)(C)O1. The zero-order chi connectivity index (χ0) is 26.3. The molecule has 0 saturated carbocycles. The van der Waals surface area contributed by atoms with Crippen LogP contribution in [0.2, 0.25) is 82.6 Å². The molecule has 1 aliphatic rings. The first kappa shape index (κ1) is 33.0. The number of rotatable bonds is 14. The minimum Gasteiger partial charge on any atom is -0.421 e. The normalized spacial score (nSPS) is 27.7.